The van der Waals surface area contributed by atoms with Crippen LogP contribution in [0.1, 0.15) is 17.7 Å². The minimum atomic E-state index is 0.656. The zero-order chi connectivity index (χ0) is 12.8. The predicted octanol–water partition coefficient (Wildman–Crippen LogP) is 2.71. The summed E-state index contributed by atoms with van der Waals surface area (Å²) in [7, 11) is 2.18. The number of halogens is 1. The average molecular weight is 333 g/mol. The first kappa shape index (κ1) is 14.5. The van der Waals surface area contributed by atoms with Crippen LogP contribution < -0.4 is 5.32 Å². The lowest BCUT2D eigenvalue weighted by molar-refractivity contribution is 0.0774. The maximum absolute atomic E-state index is 5.35. The van der Waals surface area contributed by atoms with Gasteiger partial charge in [-0.25, -0.2) is 0 Å². The van der Waals surface area contributed by atoms with Crippen molar-refractivity contribution in [1.29, 1.82) is 0 Å². The van der Waals surface area contributed by atoms with Gasteiger partial charge in [0.05, 0.1) is 0 Å². The molecular formula is C13H21BrN2OS. The molecule has 5 heteroatoms. The number of hydrogen-bond acceptors (Lipinski definition) is 4. The van der Waals surface area contributed by atoms with E-state index in [0.717, 1.165) is 45.7 Å². The van der Waals surface area contributed by atoms with Crippen LogP contribution in [0.25, 0.3) is 0 Å². The fraction of sp³-hybridized carbons (Fsp3) is 0.692. The molecule has 1 aliphatic rings. The van der Waals surface area contributed by atoms with Gasteiger partial charge in [-0.15, -0.1) is 11.3 Å². The highest BCUT2D eigenvalue weighted by molar-refractivity contribution is 9.10. The van der Waals surface area contributed by atoms with E-state index in [-0.39, 0.29) is 0 Å². The highest BCUT2D eigenvalue weighted by Crippen LogP contribution is 2.20. The normalized spacial score (nSPS) is 17.5. The fourth-order valence-electron chi connectivity index (χ4n) is 2.14. The molecule has 2 rings (SSSR count). The summed E-state index contributed by atoms with van der Waals surface area (Å²) in [6.45, 7) is 5.01. The molecule has 1 aromatic heterocycles. The Balaban J connectivity index is 1.60. The van der Waals surface area contributed by atoms with Gasteiger partial charge in [0.15, 0.2) is 0 Å². The van der Waals surface area contributed by atoms with Gasteiger partial charge >= 0.3 is 0 Å². The summed E-state index contributed by atoms with van der Waals surface area (Å²) >= 11 is 5.31. The van der Waals surface area contributed by atoms with Crippen LogP contribution in [0.4, 0.5) is 0 Å². The van der Waals surface area contributed by atoms with Crippen LogP contribution in [0.15, 0.2) is 15.9 Å². The molecule has 0 spiro atoms. The van der Waals surface area contributed by atoms with Gasteiger partial charge in [0, 0.05) is 53.6 Å². The van der Waals surface area contributed by atoms with Crippen molar-refractivity contribution < 1.29 is 4.74 Å². The van der Waals surface area contributed by atoms with Crippen LogP contribution >= 0.6 is 27.3 Å². The number of nitrogens with one attached hydrogen (secondary N) is 1. The van der Waals surface area contributed by atoms with Crippen molar-refractivity contribution >= 4 is 27.3 Å². The first-order valence-electron chi connectivity index (χ1n) is 6.46. The summed E-state index contributed by atoms with van der Waals surface area (Å²) in [5.41, 5.74) is 0. The molecule has 0 amide bonds. The minimum Gasteiger partial charge on any atom is -0.381 e. The van der Waals surface area contributed by atoms with E-state index in [1.54, 1.807) is 0 Å². The standard InChI is InChI=1S/C13H21BrN2OS/c1-16(9-13-8-11(14)10-18-13)5-4-15-12-2-6-17-7-3-12/h8,10,12,15H,2-7,9H2,1H3. The zero-order valence-corrected chi connectivity index (χ0v) is 13.2. The summed E-state index contributed by atoms with van der Waals surface area (Å²) in [5, 5.41) is 5.76. The summed E-state index contributed by atoms with van der Waals surface area (Å²) in [4.78, 5) is 3.78. The summed E-state index contributed by atoms with van der Waals surface area (Å²) in [5.74, 6) is 0. The van der Waals surface area contributed by atoms with Crippen LogP contribution in [-0.4, -0.2) is 44.3 Å². The van der Waals surface area contributed by atoms with Gasteiger partial charge in [-0.3, -0.25) is 0 Å². The Morgan fingerprint density at radius 1 is 1.50 bits per heavy atom. The molecule has 3 nitrogen and oxygen atoms in total. The van der Waals surface area contributed by atoms with Crippen molar-refractivity contribution in [3.8, 4) is 0 Å². The van der Waals surface area contributed by atoms with E-state index in [4.69, 9.17) is 4.74 Å². The van der Waals surface area contributed by atoms with E-state index in [0.29, 0.717) is 6.04 Å². The number of thiophene rings is 1. The molecule has 0 unspecified atom stereocenters. The zero-order valence-electron chi connectivity index (χ0n) is 10.8. The van der Waals surface area contributed by atoms with Crippen molar-refractivity contribution in [3.63, 3.8) is 0 Å². The molecule has 0 saturated carbocycles. The second kappa shape index (κ2) is 7.60. The number of rotatable bonds is 6. The van der Waals surface area contributed by atoms with Gasteiger partial charge < -0.3 is 15.0 Å². The molecule has 1 N–H and O–H groups in total. The van der Waals surface area contributed by atoms with E-state index >= 15 is 0 Å². The molecular weight excluding hydrogens is 312 g/mol. The van der Waals surface area contributed by atoms with Crippen LogP contribution in [0.5, 0.6) is 0 Å². The second-order valence-electron chi connectivity index (χ2n) is 4.81. The molecule has 0 radical (unpaired) electrons. The van der Waals surface area contributed by atoms with Gasteiger partial charge in [0.1, 0.15) is 0 Å². The number of likely N-dealkylation sites (N-methyl/N-ethyl adjacent to an activating group) is 1. The molecule has 0 bridgehead atoms. The van der Waals surface area contributed by atoms with Crippen molar-refractivity contribution in [2.24, 2.45) is 0 Å². The molecule has 18 heavy (non-hydrogen) atoms. The molecule has 0 atom stereocenters. The van der Waals surface area contributed by atoms with Crippen molar-refractivity contribution in [3.05, 3.63) is 20.8 Å². The Morgan fingerprint density at radius 2 is 2.28 bits per heavy atom. The third-order valence-corrected chi connectivity index (χ3v) is 4.88. The summed E-state index contributed by atoms with van der Waals surface area (Å²) in [6, 6.07) is 2.86. The third-order valence-electron chi connectivity index (χ3n) is 3.20. The maximum atomic E-state index is 5.35. The molecule has 1 fully saturated rings. The summed E-state index contributed by atoms with van der Waals surface area (Å²) < 4.78 is 6.55. The van der Waals surface area contributed by atoms with Crippen LogP contribution in [0, 0.1) is 0 Å². The van der Waals surface area contributed by atoms with E-state index < -0.39 is 0 Å². The van der Waals surface area contributed by atoms with Crippen LogP contribution in [-0.2, 0) is 11.3 Å². The largest absolute Gasteiger partial charge is 0.381 e. The van der Waals surface area contributed by atoms with Crippen molar-refractivity contribution in [2.45, 2.75) is 25.4 Å². The molecule has 102 valence electrons. The Kier molecular flexibility index (Phi) is 6.11. The second-order valence-corrected chi connectivity index (χ2v) is 6.72. The average Bonchev–Trinajstić information content (AvgIpc) is 2.76. The van der Waals surface area contributed by atoms with Crippen LogP contribution in [0.3, 0.4) is 0 Å². The minimum absolute atomic E-state index is 0.656. The van der Waals surface area contributed by atoms with E-state index in [2.05, 4.69) is 44.6 Å². The van der Waals surface area contributed by atoms with Gasteiger partial charge in [0.25, 0.3) is 0 Å². The van der Waals surface area contributed by atoms with Gasteiger partial charge in [-0.2, -0.15) is 0 Å². The molecule has 2 heterocycles. The monoisotopic (exact) mass is 332 g/mol. The lowest BCUT2D eigenvalue weighted by Crippen LogP contribution is -2.38. The Morgan fingerprint density at radius 3 is 2.94 bits per heavy atom. The predicted molar refractivity (Wildman–Crippen MR) is 80.2 cm³/mol. The highest BCUT2D eigenvalue weighted by atomic mass is 79.9. The smallest absolute Gasteiger partial charge is 0.0480 e. The lowest BCUT2D eigenvalue weighted by atomic mass is 10.1. The summed E-state index contributed by atoms with van der Waals surface area (Å²) in [6.07, 6.45) is 2.31. The Hall–Kier alpha value is 0.0600. The van der Waals surface area contributed by atoms with Crippen molar-refractivity contribution in [1.82, 2.24) is 10.2 Å². The van der Waals surface area contributed by atoms with E-state index in [1.807, 2.05) is 11.3 Å². The third kappa shape index (κ3) is 4.97. The quantitative estimate of drug-likeness (QED) is 0.866. The molecule has 1 aromatic rings. The van der Waals surface area contributed by atoms with Gasteiger partial charge in [-0.05, 0) is 41.9 Å². The van der Waals surface area contributed by atoms with E-state index in [9.17, 15) is 0 Å². The highest BCUT2D eigenvalue weighted by Gasteiger charge is 2.12. The Bertz CT molecular complexity index is 353. The van der Waals surface area contributed by atoms with E-state index in [1.165, 1.54) is 9.35 Å². The van der Waals surface area contributed by atoms with Gasteiger partial charge in [0.2, 0.25) is 0 Å². The van der Waals surface area contributed by atoms with Gasteiger partial charge in [-0.1, -0.05) is 0 Å². The first-order chi connectivity index (χ1) is 8.74. The molecule has 0 aliphatic carbocycles. The SMILES string of the molecule is CN(CCNC1CCOCC1)Cc1cc(Br)cs1. The topological polar surface area (TPSA) is 24.5 Å². The Labute approximate surface area is 122 Å². The first-order valence-corrected chi connectivity index (χ1v) is 8.14. The maximum Gasteiger partial charge on any atom is 0.0480 e. The number of hydrogen-bond donors (Lipinski definition) is 1. The fourth-order valence-corrected chi connectivity index (χ4v) is 3.67. The molecule has 1 saturated heterocycles. The number of ether oxygens (including phenoxy) is 1. The molecule has 0 aromatic carbocycles. The van der Waals surface area contributed by atoms with Crippen LogP contribution in [0.2, 0.25) is 0 Å². The number of nitrogens with zero attached hydrogens (tertiary/aromatic N) is 1. The lowest BCUT2D eigenvalue weighted by Gasteiger charge is -2.24. The molecule has 1 aliphatic heterocycles. The van der Waals surface area contributed by atoms with Crippen molar-refractivity contribution in [2.75, 3.05) is 33.4 Å².